The molecular weight excluding hydrogens is 174 g/mol. The van der Waals surface area contributed by atoms with E-state index in [0.29, 0.717) is 6.07 Å². The summed E-state index contributed by atoms with van der Waals surface area (Å²) in [5.41, 5.74) is -1.24. The number of hydrogen-bond acceptors (Lipinski definition) is 1. The van der Waals surface area contributed by atoms with Gasteiger partial charge < -0.3 is 0 Å². The number of halogens is 4. The van der Waals surface area contributed by atoms with Gasteiger partial charge in [-0.3, -0.25) is 0 Å². The number of aryl methyl sites for hydroxylation is 1. The van der Waals surface area contributed by atoms with Crippen LogP contribution in [0.3, 0.4) is 0 Å². The maximum absolute atomic E-state index is 12.5. The van der Waals surface area contributed by atoms with Gasteiger partial charge in [0.25, 0.3) is 6.43 Å². The second-order valence-corrected chi connectivity index (χ2v) is 2.22. The Morgan fingerprint density at radius 3 is 2.33 bits per heavy atom. The molecule has 0 spiro atoms. The molecule has 0 atom stereocenters. The van der Waals surface area contributed by atoms with Gasteiger partial charge >= 0.3 is 0 Å². The molecule has 1 heterocycles. The summed E-state index contributed by atoms with van der Waals surface area (Å²) in [6, 6.07) is 0.407. The lowest BCUT2D eigenvalue weighted by Crippen LogP contribution is -2.00. The molecule has 0 radical (unpaired) electrons. The monoisotopic (exact) mass is 179 g/mol. The zero-order chi connectivity index (χ0) is 9.30. The van der Waals surface area contributed by atoms with Gasteiger partial charge in [-0.15, -0.1) is 0 Å². The van der Waals surface area contributed by atoms with Crippen molar-refractivity contribution >= 4 is 0 Å². The highest BCUT2D eigenvalue weighted by Gasteiger charge is 2.17. The predicted molar refractivity (Wildman–Crippen MR) is 33.8 cm³/mol. The lowest BCUT2D eigenvalue weighted by Gasteiger charge is -2.02. The molecular formula is C7H5F4N. The van der Waals surface area contributed by atoms with Crippen molar-refractivity contribution in [3.05, 3.63) is 29.1 Å². The van der Waals surface area contributed by atoms with Gasteiger partial charge in [-0.05, 0) is 6.92 Å². The molecule has 0 saturated heterocycles. The van der Waals surface area contributed by atoms with Crippen LogP contribution < -0.4 is 0 Å². The van der Waals surface area contributed by atoms with Gasteiger partial charge in [-0.1, -0.05) is 0 Å². The van der Waals surface area contributed by atoms with E-state index in [4.69, 9.17) is 0 Å². The zero-order valence-electron chi connectivity index (χ0n) is 6.11. The maximum atomic E-state index is 12.5. The third-order valence-corrected chi connectivity index (χ3v) is 1.34. The smallest absolute Gasteiger partial charge is 0.246 e. The number of pyridine rings is 1. The second-order valence-electron chi connectivity index (χ2n) is 2.22. The lowest BCUT2D eigenvalue weighted by molar-refractivity contribution is 0.140. The van der Waals surface area contributed by atoms with Crippen LogP contribution in [0.2, 0.25) is 0 Å². The highest BCUT2D eigenvalue weighted by molar-refractivity contribution is 5.15. The van der Waals surface area contributed by atoms with Gasteiger partial charge in [-0.2, -0.15) is 0 Å². The predicted octanol–water partition coefficient (Wildman–Crippen LogP) is 2.61. The van der Waals surface area contributed by atoms with E-state index in [1.807, 2.05) is 0 Å². The van der Waals surface area contributed by atoms with Crippen LogP contribution >= 0.6 is 0 Å². The molecule has 0 unspecified atom stereocenters. The topological polar surface area (TPSA) is 12.9 Å². The average molecular weight is 179 g/mol. The molecule has 1 nitrogen and oxygen atoms in total. The standard InChI is InChI=1S/C7H5F4N/c1-3-4(8)2-5(9)6(12-3)7(10)11/h2,7H,1H3. The Morgan fingerprint density at radius 2 is 1.83 bits per heavy atom. The van der Waals surface area contributed by atoms with Gasteiger partial charge in [0, 0.05) is 6.07 Å². The molecule has 5 heteroatoms. The van der Waals surface area contributed by atoms with Gasteiger partial charge in [0.2, 0.25) is 0 Å². The van der Waals surface area contributed by atoms with Crippen molar-refractivity contribution in [2.45, 2.75) is 13.3 Å². The van der Waals surface area contributed by atoms with Crippen LogP contribution in [0.5, 0.6) is 0 Å². The average Bonchev–Trinajstić information content (AvgIpc) is 1.96. The summed E-state index contributed by atoms with van der Waals surface area (Å²) in [4.78, 5) is 3.07. The Balaban J connectivity index is 3.23. The van der Waals surface area contributed by atoms with Crippen molar-refractivity contribution in [2.24, 2.45) is 0 Å². The summed E-state index contributed by atoms with van der Waals surface area (Å²) in [5, 5.41) is 0. The summed E-state index contributed by atoms with van der Waals surface area (Å²) in [7, 11) is 0. The molecule has 1 aromatic rings. The number of hydrogen-bond donors (Lipinski definition) is 0. The van der Waals surface area contributed by atoms with E-state index < -0.39 is 23.8 Å². The minimum absolute atomic E-state index is 0.230. The number of rotatable bonds is 1. The maximum Gasteiger partial charge on any atom is 0.283 e. The molecule has 0 fully saturated rings. The number of aromatic nitrogens is 1. The first-order valence-electron chi connectivity index (χ1n) is 3.13. The summed E-state index contributed by atoms with van der Waals surface area (Å²) >= 11 is 0. The van der Waals surface area contributed by atoms with Crippen LogP contribution in [-0.4, -0.2) is 4.98 Å². The molecule has 0 amide bonds. The van der Waals surface area contributed by atoms with Crippen LogP contribution in [0.4, 0.5) is 17.6 Å². The first kappa shape index (κ1) is 8.96. The van der Waals surface area contributed by atoms with Crippen molar-refractivity contribution in [1.29, 1.82) is 0 Å². The van der Waals surface area contributed by atoms with E-state index in [1.54, 1.807) is 0 Å². The molecule has 0 aliphatic heterocycles. The molecule has 1 aromatic heterocycles. The molecule has 1 rings (SSSR count). The third-order valence-electron chi connectivity index (χ3n) is 1.34. The van der Waals surface area contributed by atoms with Crippen molar-refractivity contribution in [3.8, 4) is 0 Å². The van der Waals surface area contributed by atoms with E-state index in [-0.39, 0.29) is 5.69 Å². The minimum atomic E-state index is -3.01. The van der Waals surface area contributed by atoms with E-state index in [1.165, 1.54) is 6.92 Å². The molecule has 12 heavy (non-hydrogen) atoms. The van der Waals surface area contributed by atoms with Gasteiger partial charge in [0.05, 0.1) is 5.69 Å². The van der Waals surface area contributed by atoms with Crippen molar-refractivity contribution in [2.75, 3.05) is 0 Å². The van der Waals surface area contributed by atoms with Crippen LogP contribution in [0.25, 0.3) is 0 Å². The molecule has 0 aliphatic carbocycles. The Morgan fingerprint density at radius 1 is 1.25 bits per heavy atom. The zero-order valence-corrected chi connectivity index (χ0v) is 6.11. The fourth-order valence-electron chi connectivity index (χ4n) is 0.730. The normalized spacial score (nSPS) is 10.8. The van der Waals surface area contributed by atoms with Gasteiger partial charge in [0.15, 0.2) is 5.82 Å². The Labute approximate surface area is 66.0 Å². The fourth-order valence-corrected chi connectivity index (χ4v) is 0.730. The number of alkyl halides is 2. The Bertz CT molecular complexity index is 298. The van der Waals surface area contributed by atoms with Crippen molar-refractivity contribution in [3.63, 3.8) is 0 Å². The number of nitrogens with zero attached hydrogens (tertiary/aromatic N) is 1. The molecule has 0 bridgehead atoms. The summed E-state index contributed by atoms with van der Waals surface area (Å²) < 4.78 is 48.8. The van der Waals surface area contributed by atoms with Crippen LogP contribution in [0, 0.1) is 18.6 Å². The molecule has 0 saturated carbocycles. The van der Waals surface area contributed by atoms with E-state index in [2.05, 4.69) is 4.98 Å². The van der Waals surface area contributed by atoms with E-state index >= 15 is 0 Å². The SMILES string of the molecule is Cc1nc(C(F)F)c(F)cc1F. The summed E-state index contributed by atoms with van der Waals surface area (Å²) in [5.74, 6) is -2.23. The Hall–Kier alpha value is -1.13. The van der Waals surface area contributed by atoms with Crippen LogP contribution in [0.1, 0.15) is 17.8 Å². The highest BCUT2D eigenvalue weighted by atomic mass is 19.3. The second kappa shape index (κ2) is 3.08. The fraction of sp³-hybridized carbons (Fsp3) is 0.286. The summed E-state index contributed by atoms with van der Waals surface area (Å²) in [6.45, 7) is 1.20. The van der Waals surface area contributed by atoms with Crippen LogP contribution in [-0.2, 0) is 0 Å². The quantitative estimate of drug-likeness (QED) is 0.604. The van der Waals surface area contributed by atoms with Crippen molar-refractivity contribution in [1.82, 2.24) is 4.98 Å². The van der Waals surface area contributed by atoms with E-state index in [0.717, 1.165) is 0 Å². The van der Waals surface area contributed by atoms with Gasteiger partial charge in [0.1, 0.15) is 11.5 Å². The molecule has 0 aliphatic rings. The Kier molecular flexibility index (Phi) is 2.30. The molecule has 0 N–H and O–H groups in total. The summed E-state index contributed by atoms with van der Waals surface area (Å²) in [6.07, 6.45) is -3.01. The minimum Gasteiger partial charge on any atom is -0.246 e. The van der Waals surface area contributed by atoms with E-state index in [9.17, 15) is 17.6 Å². The lowest BCUT2D eigenvalue weighted by atomic mass is 10.3. The largest absolute Gasteiger partial charge is 0.283 e. The van der Waals surface area contributed by atoms with Crippen LogP contribution in [0.15, 0.2) is 6.07 Å². The first-order chi connectivity index (χ1) is 5.52. The first-order valence-corrected chi connectivity index (χ1v) is 3.13. The highest BCUT2D eigenvalue weighted by Crippen LogP contribution is 2.20. The van der Waals surface area contributed by atoms with Crippen molar-refractivity contribution < 1.29 is 17.6 Å². The molecule has 0 aromatic carbocycles. The molecule has 66 valence electrons. The van der Waals surface area contributed by atoms with Gasteiger partial charge in [-0.25, -0.2) is 22.5 Å². The third kappa shape index (κ3) is 1.54.